The molecule has 0 saturated carbocycles. The normalized spacial score (nSPS) is 11.7. The number of hydrogen-bond acceptors (Lipinski definition) is 8. The lowest BCUT2D eigenvalue weighted by molar-refractivity contribution is -0.115. The fraction of sp³-hybridized carbons (Fsp3) is 0.233. The Bertz CT molecular complexity index is 2410. The highest BCUT2D eigenvalue weighted by Crippen LogP contribution is 2.32. The predicted molar refractivity (Wildman–Crippen MR) is 221 cm³/mol. The molecule has 0 aliphatic carbocycles. The smallest absolute Gasteiger partial charge is 0.412 e. The minimum atomic E-state index is -4.28. The fourth-order valence-electron chi connectivity index (χ4n) is 6.06. The third kappa shape index (κ3) is 10.7. The first-order valence-corrected chi connectivity index (χ1v) is 19.9. The lowest BCUT2D eigenvalue weighted by Gasteiger charge is -2.23. The zero-order chi connectivity index (χ0) is 40.7. The average Bonchev–Trinajstić information content (AvgIpc) is 3.57. The molecule has 1 aromatic heterocycles. The van der Waals surface area contributed by atoms with Crippen LogP contribution in [0.2, 0.25) is 5.02 Å². The summed E-state index contributed by atoms with van der Waals surface area (Å²) in [5.41, 5.74) is 3.50. The molecule has 0 fully saturated rings. The summed E-state index contributed by atoms with van der Waals surface area (Å²) < 4.78 is 49.1. The number of halogens is 1. The molecule has 14 heteroatoms. The van der Waals surface area contributed by atoms with Crippen LogP contribution in [-0.2, 0) is 45.6 Å². The van der Waals surface area contributed by atoms with Gasteiger partial charge in [0.25, 0.3) is 0 Å². The standard InChI is InChI=1S/C43H44ClN5O7S/c1-43(2,3)56-42(51)46-33-16-10-29(11-17-33)25-48-28-37-39(47-48)23-34(45-41(50)22-32-8-6-7-9-38(32)44)24-40(37)57(52,53)49(26-30-12-18-35(54-4)19-13-30)27-31-14-20-36(55-5)21-15-31/h6-21,23-24,28H,22,25-27H2,1-5H3,(H,45,50)(H,46,51). The molecule has 0 atom stereocenters. The Morgan fingerprint density at radius 2 is 1.35 bits per heavy atom. The average molecular weight is 810 g/mol. The van der Waals surface area contributed by atoms with Crippen LogP contribution in [0.5, 0.6) is 11.5 Å². The van der Waals surface area contributed by atoms with Crippen molar-refractivity contribution in [2.75, 3.05) is 24.9 Å². The third-order valence-electron chi connectivity index (χ3n) is 8.82. The van der Waals surface area contributed by atoms with E-state index in [4.69, 9.17) is 30.9 Å². The van der Waals surface area contributed by atoms with Crippen LogP contribution in [0.1, 0.15) is 43.0 Å². The van der Waals surface area contributed by atoms with Gasteiger partial charge < -0.3 is 19.5 Å². The maximum absolute atomic E-state index is 15.0. The number of fused-ring (bicyclic) bond motifs is 1. The number of ether oxygens (including phenoxy) is 3. The number of sulfonamides is 1. The van der Waals surface area contributed by atoms with E-state index in [1.807, 2.05) is 36.4 Å². The minimum Gasteiger partial charge on any atom is -0.497 e. The number of anilines is 2. The van der Waals surface area contributed by atoms with E-state index in [0.29, 0.717) is 38.7 Å². The highest BCUT2D eigenvalue weighted by atomic mass is 35.5. The van der Waals surface area contributed by atoms with Crippen molar-refractivity contribution in [3.63, 3.8) is 0 Å². The topological polar surface area (TPSA) is 141 Å². The molecule has 2 N–H and O–H groups in total. The summed E-state index contributed by atoms with van der Waals surface area (Å²) in [6.45, 7) is 5.74. The van der Waals surface area contributed by atoms with Crippen LogP contribution in [-0.4, -0.2) is 54.3 Å². The first-order valence-electron chi connectivity index (χ1n) is 18.1. The predicted octanol–water partition coefficient (Wildman–Crippen LogP) is 8.67. The van der Waals surface area contributed by atoms with Crippen LogP contribution in [0, 0.1) is 0 Å². The molecule has 1 heterocycles. The van der Waals surface area contributed by atoms with Crippen LogP contribution < -0.4 is 20.1 Å². The summed E-state index contributed by atoms with van der Waals surface area (Å²) in [5.74, 6) is 0.914. The van der Waals surface area contributed by atoms with E-state index in [-0.39, 0.29) is 42.5 Å². The summed E-state index contributed by atoms with van der Waals surface area (Å²) in [5, 5.41) is 11.2. The molecule has 6 aromatic rings. The van der Waals surface area contributed by atoms with Crippen molar-refractivity contribution in [3.8, 4) is 11.5 Å². The van der Waals surface area contributed by atoms with Gasteiger partial charge in [0.05, 0.1) is 37.6 Å². The molecule has 2 amide bonds. The van der Waals surface area contributed by atoms with Crippen LogP contribution in [0.15, 0.2) is 120 Å². The van der Waals surface area contributed by atoms with Gasteiger partial charge in [-0.2, -0.15) is 9.40 Å². The highest BCUT2D eigenvalue weighted by Gasteiger charge is 2.29. The number of benzene rings is 5. The quantitative estimate of drug-likeness (QED) is 0.111. The van der Waals surface area contributed by atoms with Crippen molar-refractivity contribution in [1.82, 2.24) is 14.1 Å². The Morgan fingerprint density at radius 1 is 0.772 bits per heavy atom. The minimum absolute atomic E-state index is 0.0198. The molecular weight excluding hydrogens is 766 g/mol. The van der Waals surface area contributed by atoms with E-state index in [9.17, 15) is 9.59 Å². The van der Waals surface area contributed by atoms with Gasteiger partial charge in [0.2, 0.25) is 15.9 Å². The van der Waals surface area contributed by atoms with Crippen molar-refractivity contribution in [3.05, 3.63) is 143 Å². The zero-order valence-corrected chi connectivity index (χ0v) is 33.9. The highest BCUT2D eigenvalue weighted by molar-refractivity contribution is 7.89. The van der Waals surface area contributed by atoms with Crippen LogP contribution in [0.25, 0.3) is 10.9 Å². The number of methoxy groups -OCH3 is 2. The number of rotatable bonds is 14. The molecule has 12 nitrogen and oxygen atoms in total. The van der Waals surface area contributed by atoms with Gasteiger partial charge in [-0.25, -0.2) is 13.2 Å². The molecule has 0 aliphatic heterocycles. The number of amides is 2. The van der Waals surface area contributed by atoms with E-state index >= 15 is 8.42 Å². The Hall–Kier alpha value is -5.89. The van der Waals surface area contributed by atoms with Crippen molar-refractivity contribution < 1.29 is 32.2 Å². The van der Waals surface area contributed by atoms with Crippen molar-refractivity contribution >= 4 is 55.9 Å². The van der Waals surface area contributed by atoms with Gasteiger partial charge in [-0.1, -0.05) is 66.2 Å². The number of hydrogen-bond donors (Lipinski definition) is 2. The van der Waals surface area contributed by atoms with Crippen LogP contribution >= 0.6 is 11.6 Å². The number of nitrogens with one attached hydrogen (secondary N) is 2. The molecule has 0 bridgehead atoms. The summed E-state index contributed by atoms with van der Waals surface area (Å²) in [4.78, 5) is 25.6. The summed E-state index contributed by atoms with van der Waals surface area (Å²) in [6.07, 6.45) is 1.10. The zero-order valence-electron chi connectivity index (χ0n) is 32.3. The van der Waals surface area contributed by atoms with Gasteiger partial charge in [-0.3, -0.25) is 14.8 Å². The van der Waals surface area contributed by atoms with E-state index in [0.717, 1.165) is 16.7 Å². The van der Waals surface area contributed by atoms with Gasteiger partial charge in [0, 0.05) is 41.1 Å². The molecule has 296 valence electrons. The molecule has 5 aromatic carbocycles. The molecule has 0 aliphatic rings. The Kier molecular flexibility index (Phi) is 12.5. The molecule has 0 radical (unpaired) electrons. The molecule has 0 saturated heterocycles. The Balaban J connectivity index is 1.37. The van der Waals surface area contributed by atoms with Gasteiger partial charge >= 0.3 is 6.09 Å². The molecule has 57 heavy (non-hydrogen) atoms. The Labute approximate surface area is 337 Å². The van der Waals surface area contributed by atoms with E-state index < -0.39 is 21.7 Å². The summed E-state index contributed by atoms with van der Waals surface area (Å²) >= 11 is 6.34. The third-order valence-corrected chi connectivity index (χ3v) is 11.0. The fourth-order valence-corrected chi connectivity index (χ4v) is 7.89. The van der Waals surface area contributed by atoms with Gasteiger partial charge in [0.1, 0.15) is 17.1 Å². The first-order chi connectivity index (χ1) is 27.2. The number of aromatic nitrogens is 2. The molecule has 0 unspecified atom stereocenters. The SMILES string of the molecule is COc1ccc(CN(Cc2ccc(OC)cc2)S(=O)(=O)c2cc(NC(=O)Cc3ccccc3Cl)cc3nn(Cc4ccc(NC(=O)OC(C)(C)C)cc4)cc23)cc1. The second-order valence-electron chi connectivity index (χ2n) is 14.3. The van der Waals surface area contributed by atoms with Crippen molar-refractivity contribution in [2.45, 2.75) is 57.3 Å². The number of carbonyl (C=O) groups is 2. The maximum Gasteiger partial charge on any atom is 0.412 e. The van der Waals surface area contributed by atoms with Crippen molar-refractivity contribution in [1.29, 1.82) is 0 Å². The first kappa shape index (κ1) is 40.8. The summed E-state index contributed by atoms with van der Waals surface area (Å²) in [6, 6.07) is 31.8. The Morgan fingerprint density at radius 3 is 1.91 bits per heavy atom. The lowest BCUT2D eigenvalue weighted by atomic mass is 10.1. The van der Waals surface area contributed by atoms with Crippen LogP contribution in [0.4, 0.5) is 16.2 Å². The van der Waals surface area contributed by atoms with Gasteiger partial charge in [-0.15, -0.1) is 0 Å². The molecule has 0 spiro atoms. The van der Waals surface area contributed by atoms with Crippen LogP contribution in [0.3, 0.4) is 0 Å². The van der Waals surface area contributed by atoms with E-state index in [1.54, 1.807) is 113 Å². The maximum atomic E-state index is 15.0. The number of nitrogens with zero attached hydrogens (tertiary/aromatic N) is 3. The second kappa shape index (κ2) is 17.5. The largest absolute Gasteiger partial charge is 0.497 e. The lowest BCUT2D eigenvalue weighted by Crippen LogP contribution is -2.30. The second-order valence-corrected chi connectivity index (χ2v) is 16.7. The molecular formula is C43H44ClN5O7S. The summed E-state index contributed by atoms with van der Waals surface area (Å²) in [7, 11) is -1.14. The number of carbonyl (C=O) groups excluding carboxylic acids is 2. The monoisotopic (exact) mass is 809 g/mol. The van der Waals surface area contributed by atoms with Gasteiger partial charge in [-0.05, 0) is 97.6 Å². The molecule has 6 rings (SSSR count). The van der Waals surface area contributed by atoms with Gasteiger partial charge in [0.15, 0.2) is 0 Å². The van der Waals surface area contributed by atoms with E-state index in [1.165, 1.54) is 10.4 Å². The van der Waals surface area contributed by atoms with E-state index in [2.05, 4.69) is 10.6 Å². The van der Waals surface area contributed by atoms with Crippen molar-refractivity contribution in [2.24, 2.45) is 0 Å².